The number of carbonyl (C=O) groups excluding carboxylic acids is 2. The molecular formula is C21H18FN7O2. The molecule has 0 aliphatic carbocycles. The quantitative estimate of drug-likeness (QED) is 0.548. The van der Waals surface area contributed by atoms with Crippen LogP contribution in [0.3, 0.4) is 0 Å². The normalized spacial score (nSPS) is 13.3. The number of anilines is 1. The van der Waals surface area contributed by atoms with Crippen molar-refractivity contribution < 1.29 is 14.0 Å². The smallest absolute Gasteiger partial charge is 0.274 e. The number of halogens is 1. The highest BCUT2D eigenvalue weighted by molar-refractivity contribution is 6.11. The molecule has 1 aromatic carbocycles. The number of fused-ring (bicyclic) bond motifs is 1. The van der Waals surface area contributed by atoms with Crippen LogP contribution in [0.5, 0.6) is 0 Å². The van der Waals surface area contributed by atoms with Gasteiger partial charge in [-0.2, -0.15) is 5.10 Å². The Morgan fingerprint density at radius 1 is 1.16 bits per heavy atom. The largest absolute Gasteiger partial charge is 0.338 e. The van der Waals surface area contributed by atoms with Gasteiger partial charge in [0.2, 0.25) is 0 Å². The molecule has 2 amide bonds. The maximum absolute atomic E-state index is 14.7. The number of pyridine rings is 1. The average Bonchev–Trinajstić information content (AvgIpc) is 3.30. The molecule has 1 fully saturated rings. The van der Waals surface area contributed by atoms with E-state index in [1.807, 2.05) is 30.3 Å². The number of likely N-dealkylation sites (tertiary alicyclic amines) is 1. The number of benzene rings is 1. The summed E-state index contributed by atoms with van der Waals surface area (Å²) in [6, 6.07) is 10.7. The van der Waals surface area contributed by atoms with Crippen molar-refractivity contribution in [3.8, 4) is 11.4 Å². The van der Waals surface area contributed by atoms with Crippen LogP contribution in [0, 0.1) is 5.82 Å². The maximum Gasteiger partial charge on any atom is 0.274 e. The third kappa shape index (κ3) is 3.31. The summed E-state index contributed by atoms with van der Waals surface area (Å²) in [6.07, 6.45) is 3.45. The molecule has 156 valence electrons. The molecule has 0 spiro atoms. The zero-order chi connectivity index (χ0) is 21.5. The molecule has 1 aliphatic heterocycles. The minimum absolute atomic E-state index is 0.0620. The van der Waals surface area contributed by atoms with Crippen LogP contribution in [0.4, 0.5) is 10.1 Å². The highest BCUT2D eigenvalue weighted by atomic mass is 19.1. The SMILES string of the molecule is Cn1ncc(C(=O)N2CCC2)c1C(=O)Nc1cc2nc(-c3ccccc3)nn2cc1F. The third-order valence-electron chi connectivity index (χ3n) is 5.23. The van der Waals surface area contributed by atoms with Crippen molar-refractivity contribution in [1.82, 2.24) is 29.3 Å². The first-order valence-electron chi connectivity index (χ1n) is 9.75. The molecule has 5 rings (SSSR count). The lowest BCUT2D eigenvalue weighted by molar-refractivity contribution is 0.0648. The molecule has 4 heterocycles. The number of rotatable bonds is 4. The first-order valence-corrected chi connectivity index (χ1v) is 9.75. The summed E-state index contributed by atoms with van der Waals surface area (Å²) >= 11 is 0. The van der Waals surface area contributed by atoms with E-state index in [4.69, 9.17) is 0 Å². The number of nitrogens with one attached hydrogen (secondary N) is 1. The van der Waals surface area contributed by atoms with Gasteiger partial charge in [-0.3, -0.25) is 14.3 Å². The highest BCUT2D eigenvalue weighted by Gasteiger charge is 2.29. The number of nitrogens with zero attached hydrogens (tertiary/aromatic N) is 6. The Bertz CT molecular complexity index is 1310. The Hall–Kier alpha value is -4.08. The number of hydrogen-bond acceptors (Lipinski definition) is 5. The standard InChI is InChI=1S/C21H18FN7O2/c1-27-18(14(11-23-27)21(31)28-8-5-9-28)20(30)24-16-10-17-25-19(13-6-3-2-4-7-13)26-29(17)12-15(16)22/h2-4,6-7,10-12H,5,8-9H2,1H3,(H,24,30). The van der Waals surface area contributed by atoms with Gasteiger partial charge in [0.25, 0.3) is 11.8 Å². The molecule has 1 aliphatic rings. The van der Waals surface area contributed by atoms with Gasteiger partial charge in [-0.25, -0.2) is 13.9 Å². The fraction of sp³-hybridized carbons (Fsp3) is 0.190. The Labute approximate surface area is 176 Å². The van der Waals surface area contributed by atoms with E-state index in [1.54, 1.807) is 11.9 Å². The van der Waals surface area contributed by atoms with Crippen molar-refractivity contribution in [2.45, 2.75) is 6.42 Å². The molecule has 0 bridgehead atoms. The molecule has 0 atom stereocenters. The van der Waals surface area contributed by atoms with Crippen LogP contribution in [-0.2, 0) is 7.05 Å². The number of aromatic nitrogens is 5. The average molecular weight is 419 g/mol. The van der Waals surface area contributed by atoms with Gasteiger partial charge in [0.1, 0.15) is 5.69 Å². The van der Waals surface area contributed by atoms with E-state index >= 15 is 0 Å². The predicted molar refractivity (Wildman–Crippen MR) is 110 cm³/mol. The van der Waals surface area contributed by atoms with E-state index in [0.717, 1.165) is 18.2 Å². The fourth-order valence-electron chi connectivity index (χ4n) is 3.44. The summed E-state index contributed by atoms with van der Waals surface area (Å²) in [4.78, 5) is 31.6. The van der Waals surface area contributed by atoms with Gasteiger partial charge >= 0.3 is 0 Å². The number of aryl methyl sites for hydroxylation is 1. The Kier molecular flexibility index (Phi) is 4.46. The molecule has 0 unspecified atom stereocenters. The summed E-state index contributed by atoms with van der Waals surface area (Å²) < 4.78 is 17.3. The molecule has 1 N–H and O–H groups in total. The number of carbonyl (C=O) groups is 2. The van der Waals surface area contributed by atoms with E-state index in [0.29, 0.717) is 24.6 Å². The molecule has 31 heavy (non-hydrogen) atoms. The minimum Gasteiger partial charge on any atom is -0.338 e. The van der Waals surface area contributed by atoms with Gasteiger partial charge in [-0.05, 0) is 6.42 Å². The van der Waals surface area contributed by atoms with Crippen LogP contribution in [0.15, 0.2) is 48.8 Å². The van der Waals surface area contributed by atoms with E-state index < -0.39 is 11.7 Å². The summed E-state index contributed by atoms with van der Waals surface area (Å²) in [6.45, 7) is 1.30. The zero-order valence-electron chi connectivity index (χ0n) is 16.6. The Morgan fingerprint density at radius 2 is 1.94 bits per heavy atom. The van der Waals surface area contributed by atoms with Crippen molar-refractivity contribution in [2.75, 3.05) is 18.4 Å². The topological polar surface area (TPSA) is 97.4 Å². The van der Waals surface area contributed by atoms with Gasteiger partial charge in [-0.1, -0.05) is 30.3 Å². The van der Waals surface area contributed by atoms with Crippen LogP contribution < -0.4 is 5.32 Å². The van der Waals surface area contributed by atoms with Crippen molar-refractivity contribution in [2.24, 2.45) is 7.05 Å². The van der Waals surface area contributed by atoms with Crippen molar-refractivity contribution >= 4 is 23.1 Å². The Morgan fingerprint density at radius 3 is 2.65 bits per heavy atom. The van der Waals surface area contributed by atoms with Crippen molar-refractivity contribution in [3.63, 3.8) is 0 Å². The third-order valence-corrected chi connectivity index (χ3v) is 5.23. The van der Waals surface area contributed by atoms with Gasteiger partial charge in [0.15, 0.2) is 17.3 Å². The zero-order valence-corrected chi connectivity index (χ0v) is 16.6. The molecule has 9 nitrogen and oxygen atoms in total. The summed E-state index contributed by atoms with van der Waals surface area (Å²) in [5.41, 5.74) is 1.37. The van der Waals surface area contributed by atoms with Gasteiger partial charge < -0.3 is 10.2 Å². The van der Waals surface area contributed by atoms with Gasteiger partial charge in [0, 0.05) is 31.8 Å². The van der Waals surface area contributed by atoms with E-state index in [1.165, 1.54) is 21.5 Å². The second-order valence-electron chi connectivity index (χ2n) is 7.27. The monoisotopic (exact) mass is 419 g/mol. The second kappa shape index (κ2) is 7.31. The van der Waals surface area contributed by atoms with Gasteiger partial charge in [-0.15, -0.1) is 5.10 Å². The molecule has 1 saturated heterocycles. The van der Waals surface area contributed by atoms with Crippen LogP contribution >= 0.6 is 0 Å². The molecule has 0 radical (unpaired) electrons. The second-order valence-corrected chi connectivity index (χ2v) is 7.27. The lowest BCUT2D eigenvalue weighted by Gasteiger charge is -2.30. The number of amides is 2. The minimum atomic E-state index is -0.678. The summed E-state index contributed by atoms with van der Waals surface area (Å²) in [5.74, 6) is -1.12. The van der Waals surface area contributed by atoms with Crippen LogP contribution in [0.25, 0.3) is 17.0 Å². The fourth-order valence-corrected chi connectivity index (χ4v) is 3.44. The summed E-state index contributed by atoms with van der Waals surface area (Å²) in [7, 11) is 1.56. The molecule has 3 aromatic heterocycles. The predicted octanol–water partition coefficient (Wildman–Crippen LogP) is 2.37. The van der Waals surface area contributed by atoms with Crippen LogP contribution in [0.2, 0.25) is 0 Å². The first kappa shape index (κ1) is 18.9. The first-order chi connectivity index (χ1) is 15.0. The molecule has 0 saturated carbocycles. The summed E-state index contributed by atoms with van der Waals surface area (Å²) in [5, 5.41) is 10.9. The van der Waals surface area contributed by atoms with Crippen LogP contribution in [-0.4, -0.2) is 54.2 Å². The molecule has 10 heteroatoms. The maximum atomic E-state index is 14.7. The van der Waals surface area contributed by atoms with Crippen molar-refractivity contribution in [1.29, 1.82) is 0 Å². The van der Waals surface area contributed by atoms with E-state index in [-0.39, 0.29) is 22.9 Å². The number of hydrogen-bond donors (Lipinski definition) is 1. The van der Waals surface area contributed by atoms with E-state index in [9.17, 15) is 14.0 Å². The van der Waals surface area contributed by atoms with E-state index in [2.05, 4.69) is 20.5 Å². The lowest BCUT2D eigenvalue weighted by Crippen LogP contribution is -2.42. The highest BCUT2D eigenvalue weighted by Crippen LogP contribution is 2.22. The Balaban J connectivity index is 1.45. The van der Waals surface area contributed by atoms with Gasteiger partial charge in [0.05, 0.1) is 23.6 Å². The molecule has 4 aromatic rings. The molecular weight excluding hydrogens is 401 g/mol. The lowest BCUT2D eigenvalue weighted by atomic mass is 10.1. The van der Waals surface area contributed by atoms with Crippen LogP contribution in [0.1, 0.15) is 27.3 Å². The van der Waals surface area contributed by atoms with Crippen molar-refractivity contribution in [3.05, 3.63) is 65.9 Å².